The minimum atomic E-state index is -1.09. The number of rotatable bonds is 8. The number of halogens is 2. The van der Waals surface area contributed by atoms with Crippen LogP contribution in [0.2, 0.25) is 0 Å². The zero-order valence-electron chi connectivity index (χ0n) is 19.3. The van der Waals surface area contributed by atoms with Crippen LogP contribution in [-0.2, 0) is 19.3 Å². The van der Waals surface area contributed by atoms with Crippen molar-refractivity contribution in [1.82, 2.24) is 0 Å². The van der Waals surface area contributed by atoms with Crippen LogP contribution in [0.1, 0.15) is 71.6 Å². The Bertz CT molecular complexity index is 1240. The lowest BCUT2D eigenvalue weighted by molar-refractivity contribution is 0.0724. The van der Waals surface area contributed by atoms with Gasteiger partial charge in [-0.1, -0.05) is 50.8 Å². The van der Waals surface area contributed by atoms with Crippen LogP contribution >= 0.6 is 0 Å². The number of benzene rings is 3. The summed E-state index contributed by atoms with van der Waals surface area (Å²) in [7, 11) is 0. The maximum Gasteiger partial charge on any atom is 0.349 e. The Labute approximate surface area is 199 Å². The lowest BCUT2D eigenvalue weighted by Gasteiger charge is -2.22. The molecule has 0 aliphatic heterocycles. The minimum Gasteiger partial charge on any atom is -0.423 e. The Hall–Kier alpha value is -3.52. The Kier molecular flexibility index (Phi) is 7.37. The predicted molar refractivity (Wildman–Crippen MR) is 128 cm³/mol. The van der Waals surface area contributed by atoms with Crippen molar-refractivity contribution in [2.24, 2.45) is 0 Å². The van der Waals surface area contributed by atoms with Gasteiger partial charge in [-0.05, 0) is 83.8 Å². The summed E-state index contributed by atoms with van der Waals surface area (Å²) in [4.78, 5) is 12.6. The van der Waals surface area contributed by atoms with Gasteiger partial charge in [-0.15, -0.1) is 0 Å². The average molecular weight is 460 g/mol. The van der Waals surface area contributed by atoms with E-state index < -0.39 is 23.2 Å². The third kappa shape index (κ3) is 5.02. The molecule has 3 aromatic carbocycles. The molecule has 0 fully saturated rings. The first-order chi connectivity index (χ1) is 16.5. The van der Waals surface area contributed by atoms with Crippen LogP contribution in [-0.4, -0.2) is 5.97 Å². The van der Waals surface area contributed by atoms with Gasteiger partial charge in [-0.25, -0.2) is 13.6 Å². The van der Waals surface area contributed by atoms with Crippen molar-refractivity contribution in [1.29, 1.82) is 5.26 Å². The van der Waals surface area contributed by atoms with Gasteiger partial charge in [0, 0.05) is 0 Å². The van der Waals surface area contributed by atoms with E-state index in [-0.39, 0.29) is 5.75 Å². The number of ether oxygens (including phenoxy) is 1. The third-order valence-electron chi connectivity index (χ3n) is 6.39. The lowest BCUT2D eigenvalue weighted by Crippen LogP contribution is -2.17. The zero-order valence-corrected chi connectivity index (χ0v) is 19.3. The number of unbranched alkanes of at least 4 members (excludes halogenated alkanes) is 4. The van der Waals surface area contributed by atoms with Crippen molar-refractivity contribution < 1.29 is 18.3 Å². The van der Waals surface area contributed by atoms with Gasteiger partial charge in [0.1, 0.15) is 22.9 Å². The van der Waals surface area contributed by atoms with Crippen LogP contribution in [0.5, 0.6) is 5.75 Å². The molecule has 0 atom stereocenters. The highest BCUT2D eigenvalue weighted by Gasteiger charge is 2.28. The van der Waals surface area contributed by atoms with Crippen molar-refractivity contribution in [3.8, 4) is 22.9 Å². The standard InChI is InChI=1S/C29H27F2NO2/c1-2-3-4-5-6-7-19-10-14-23-21(16-19)11-15-24-25(23)17-26(30)27(28(24)31)29(33)34-22-12-8-20(18-32)9-13-22/h8-10,12-14,16-17H,2-7,11,15H2,1H3. The van der Waals surface area contributed by atoms with Crippen LogP contribution in [0.4, 0.5) is 8.78 Å². The predicted octanol–water partition coefficient (Wildman–Crippen LogP) is 7.33. The number of carbonyl (C=O) groups excluding carboxylic acids is 1. The van der Waals surface area contributed by atoms with Gasteiger partial charge in [-0.3, -0.25) is 0 Å². The molecule has 34 heavy (non-hydrogen) atoms. The van der Waals surface area contributed by atoms with E-state index in [1.807, 2.05) is 18.2 Å². The summed E-state index contributed by atoms with van der Waals surface area (Å²) in [6.45, 7) is 2.20. The van der Waals surface area contributed by atoms with E-state index in [0.717, 1.165) is 24.0 Å². The van der Waals surface area contributed by atoms with E-state index in [1.54, 1.807) is 0 Å². The second-order valence-electron chi connectivity index (χ2n) is 8.75. The van der Waals surface area contributed by atoms with Crippen LogP contribution in [0.3, 0.4) is 0 Å². The molecule has 0 saturated carbocycles. The first kappa shape index (κ1) is 23.6. The molecule has 0 spiro atoms. The number of nitriles is 1. The van der Waals surface area contributed by atoms with Gasteiger partial charge in [-0.2, -0.15) is 5.26 Å². The Morgan fingerprint density at radius 1 is 0.971 bits per heavy atom. The summed E-state index contributed by atoms with van der Waals surface area (Å²) >= 11 is 0. The zero-order chi connectivity index (χ0) is 24.1. The Morgan fingerprint density at radius 3 is 2.47 bits per heavy atom. The second-order valence-corrected chi connectivity index (χ2v) is 8.75. The molecule has 0 bridgehead atoms. The summed E-state index contributed by atoms with van der Waals surface area (Å²) in [6, 6.07) is 15.1. The summed E-state index contributed by atoms with van der Waals surface area (Å²) in [5.41, 5.74) is 3.71. The van der Waals surface area contributed by atoms with Crippen LogP contribution in [0.25, 0.3) is 11.1 Å². The van der Waals surface area contributed by atoms with Crippen molar-refractivity contribution in [2.45, 2.75) is 58.3 Å². The molecule has 3 nitrogen and oxygen atoms in total. The topological polar surface area (TPSA) is 50.1 Å². The molecule has 0 heterocycles. The maximum atomic E-state index is 15.3. The van der Waals surface area contributed by atoms with Crippen molar-refractivity contribution >= 4 is 5.97 Å². The smallest absolute Gasteiger partial charge is 0.349 e. The van der Waals surface area contributed by atoms with Crippen LogP contribution in [0.15, 0.2) is 48.5 Å². The average Bonchev–Trinajstić information content (AvgIpc) is 2.84. The quantitative estimate of drug-likeness (QED) is 0.201. The summed E-state index contributed by atoms with van der Waals surface area (Å²) in [5, 5.41) is 8.87. The molecule has 0 radical (unpaired) electrons. The fourth-order valence-corrected chi connectivity index (χ4v) is 4.55. The Balaban J connectivity index is 1.55. The summed E-state index contributed by atoms with van der Waals surface area (Å²) in [5.74, 6) is -2.78. The monoisotopic (exact) mass is 459 g/mol. The van der Waals surface area contributed by atoms with Gasteiger partial charge in [0.25, 0.3) is 0 Å². The van der Waals surface area contributed by atoms with E-state index >= 15 is 4.39 Å². The number of aryl methyl sites for hydroxylation is 2. The molecular weight excluding hydrogens is 432 g/mol. The maximum absolute atomic E-state index is 15.3. The molecule has 174 valence electrons. The van der Waals surface area contributed by atoms with E-state index in [1.165, 1.54) is 61.6 Å². The highest BCUT2D eigenvalue weighted by Crippen LogP contribution is 2.38. The lowest BCUT2D eigenvalue weighted by atomic mass is 9.83. The van der Waals surface area contributed by atoms with E-state index in [2.05, 4.69) is 13.0 Å². The number of fused-ring (bicyclic) bond motifs is 3. The molecule has 0 aromatic heterocycles. The van der Waals surface area contributed by atoms with E-state index in [4.69, 9.17) is 10.00 Å². The fraction of sp³-hybridized carbons (Fsp3) is 0.310. The number of nitrogens with zero attached hydrogens (tertiary/aromatic N) is 1. The van der Waals surface area contributed by atoms with Gasteiger partial charge >= 0.3 is 5.97 Å². The molecule has 3 aromatic rings. The normalized spacial score (nSPS) is 11.9. The summed E-state index contributed by atoms with van der Waals surface area (Å²) in [6.07, 6.45) is 8.14. The number of esters is 1. The fourth-order valence-electron chi connectivity index (χ4n) is 4.55. The van der Waals surface area contributed by atoms with Gasteiger partial charge in [0.2, 0.25) is 0 Å². The number of carbonyl (C=O) groups is 1. The molecule has 0 saturated heterocycles. The first-order valence-electron chi connectivity index (χ1n) is 11.9. The van der Waals surface area contributed by atoms with Crippen molar-refractivity contribution in [2.75, 3.05) is 0 Å². The molecular formula is C29H27F2NO2. The molecule has 1 aliphatic carbocycles. The largest absolute Gasteiger partial charge is 0.423 e. The molecule has 0 N–H and O–H groups in total. The molecule has 4 rings (SSSR count). The highest BCUT2D eigenvalue weighted by atomic mass is 19.1. The van der Waals surface area contributed by atoms with Crippen LogP contribution < -0.4 is 4.74 Å². The van der Waals surface area contributed by atoms with Crippen molar-refractivity contribution in [3.05, 3.63) is 88.0 Å². The first-order valence-corrected chi connectivity index (χ1v) is 11.9. The highest BCUT2D eigenvalue weighted by molar-refractivity contribution is 5.93. The molecule has 5 heteroatoms. The van der Waals surface area contributed by atoms with Crippen molar-refractivity contribution in [3.63, 3.8) is 0 Å². The molecule has 0 amide bonds. The van der Waals surface area contributed by atoms with Crippen LogP contribution in [0, 0.1) is 23.0 Å². The molecule has 1 aliphatic rings. The number of hydrogen-bond acceptors (Lipinski definition) is 3. The second kappa shape index (κ2) is 10.6. The SMILES string of the molecule is CCCCCCCc1ccc2c(c1)CCc1c-2cc(F)c(C(=O)Oc2ccc(C#N)cc2)c1F. The van der Waals surface area contributed by atoms with Gasteiger partial charge in [0.15, 0.2) is 0 Å². The minimum absolute atomic E-state index is 0.119. The van der Waals surface area contributed by atoms with E-state index in [0.29, 0.717) is 29.5 Å². The van der Waals surface area contributed by atoms with Gasteiger partial charge in [0.05, 0.1) is 11.6 Å². The summed E-state index contributed by atoms with van der Waals surface area (Å²) < 4.78 is 35.5. The third-order valence-corrected chi connectivity index (χ3v) is 6.39. The number of hydrogen-bond donors (Lipinski definition) is 0. The Morgan fingerprint density at radius 2 is 1.74 bits per heavy atom. The van der Waals surface area contributed by atoms with Gasteiger partial charge < -0.3 is 4.74 Å². The molecule has 0 unspecified atom stereocenters. The van der Waals surface area contributed by atoms with E-state index in [9.17, 15) is 9.18 Å².